The molecule has 3 heteroatoms. The van der Waals surface area contributed by atoms with Crippen molar-refractivity contribution in [3.05, 3.63) is 59.7 Å². The van der Waals surface area contributed by atoms with Crippen LogP contribution in [0.3, 0.4) is 0 Å². The van der Waals surface area contributed by atoms with Gasteiger partial charge in [0.15, 0.2) is 0 Å². The van der Waals surface area contributed by atoms with E-state index in [2.05, 4.69) is 33.5 Å². The van der Waals surface area contributed by atoms with Crippen molar-refractivity contribution >= 4 is 9.24 Å². The predicted octanol–water partition coefficient (Wildman–Crippen LogP) is 4.49. The fourth-order valence-electron chi connectivity index (χ4n) is 2.52. The summed E-state index contributed by atoms with van der Waals surface area (Å²) in [4.78, 5) is 0. The molecule has 0 N–H and O–H groups in total. The van der Waals surface area contributed by atoms with Crippen LogP contribution in [0.25, 0.3) is 0 Å². The van der Waals surface area contributed by atoms with Gasteiger partial charge in [-0.2, -0.15) is 0 Å². The number of hydrogen-bond donors (Lipinski definition) is 0. The molecule has 2 aromatic rings. The number of rotatable bonds is 7. The first-order valence-electron chi connectivity index (χ1n) is 7.26. The second-order valence-corrected chi connectivity index (χ2v) is 5.61. The first-order chi connectivity index (χ1) is 10.3. The van der Waals surface area contributed by atoms with E-state index < -0.39 is 0 Å². The van der Waals surface area contributed by atoms with Crippen LogP contribution in [0.1, 0.15) is 29.9 Å². The van der Waals surface area contributed by atoms with Gasteiger partial charge in [-0.1, -0.05) is 24.3 Å². The summed E-state index contributed by atoms with van der Waals surface area (Å²) in [5, 5.41) is 0. The molecule has 0 aliphatic carbocycles. The Hall–Kier alpha value is -1.53. The molecule has 0 bridgehead atoms. The van der Waals surface area contributed by atoms with Crippen molar-refractivity contribution in [3.63, 3.8) is 0 Å². The van der Waals surface area contributed by atoms with E-state index in [1.807, 2.05) is 24.3 Å². The Morgan fingerprint density at radius 1 is 0.810 bits per heavy atom. The predicted molar refractivity (Wildman–Crippen MR) is 91.6 cm³/mol. The maximum atomic E-state index is 5.25. The molecule has 112 valence electrons. The zero-order valence-electron chi connectivity index (χ0n) is 12.7. The highest BCUT2D eigenvalue weighted by atomic mass is 31.0. The molecule has 2 nitrogen and oxygen atoms in total. The summed E-state index contributed by atoms with van der Waals surface area (Å²) < 4.78 is 10.5. The molecule has 2 rings (SSSR count). The smallest absolute Gasteiger partial charge is 0.118 e. The molecule has 0 aromatic heterocycles. The maximum absolute atomic E-state index is 5.25. The molecular formula is C18H23O2P. The van der Waals surface area contributed by atoms with E-state index >= 15 is 0 Å². The minimum atomic E-state index is 0.419. The third-order valence-electron chi connectivity index (χ3n) is 3.73. The van der Waals surface area contributed by atoms with Crippen LogP contribution < -0.4 is 9.47 Å². The van der Waals surface area contributed by atoms with Crippen molar-refractivity contribution in [1.82, 2.24) is 0 Å². The van der Waals surface area contributed by atoms with E-state index in [4.69, 9.17) is 9.47 Å². The van der Waals surface area contributed by atoms with Crippen molar-refractivity contribution in [3.8, 4) is 11.5 Å². The van der Waals surface area contributed by atoms with E-state index in [9.17, 15) is 0 Å². The zero-order chi connectivity index (χ0) is 15.1. The van der Waals surface area contributed by atoms with Crippen LogP contribution in [-0.2, 0) is 0 Å². The van der Waals surface area contributed by atoms with Gasteiger partial charge in [-0.05, 0) is 54.4 Å². The normalized spacial score (nSPS) is 10.7. The highest BCUT2D eigenvalue weighted by molar-refractivity contribution is 7.16. The zero-order valence-corrected chi connectivity index (χ0v) is 13.9. The van der Waals surface area contributed by atoms with Gasteiger partial charge in [0.1, 0.15) is 11.5 Å². The summed E-state index contributed by atoms with van der Waals surface area (Å²) in [6.07, 6.45) is 3.46. The third kappa shape index (κ3) is 4.22. The average Bonchev–Trinajstić information content (AvgIpc) is 2.56. The highest BCUT2D eigenvalue weighted by Crippen LogP contribution is 2.31. The van der Waals surface area contributed by atoms with E-state index in [1.54, 1.807) is 14.2 Å². The van der Waals surface area contributed by atoms with E-state index in [0.717, 1.165) is 24.1 Å². The molecule has 0 aliphatic heterocycles. The van der Waals surface area contributed by atoms with Crippen molar-refractivity contribution in [1.29, 1.82) is 0 Å². The first kappa shape index (κ1) is 15.9. The fraction of sp³-hybridized carbons (Fsp3) is 0.333. The van der Waals surface area contributed by atoms with Gasteiger partial charge in [-0.3, -0.25) is 0 Å². The lowest BCUT2D eigenvalue weighted by Crippen LogP contribution is -2.02. The van der Waals surface area contributed by atoms with Crippen LogP contribution in [0, 0.1) is 0 Å². The maximum Gasteiger partial charge on any atom is 0.118 e. The van der Waals surface area contributed by atoms with Gasteiger partial charge >= 0.3 is 0 Å². The molecule has 0 saturated carbocycles. The lowest BCUT2D eigenvalue weighted by molar-refractivity contribution is 0.414. The van der Waals surface area contributed by atoms with Crippen molar-refractivity contribution < 1.29 is 9.47 Å². The molecular weight excluding hydrogens is 279 g/mol. The van der Waals surface area contributed by atoms with E-state index in [1.165, 1.54) is 17.5 Å². The minimum Gasteiger partial charge on any atom is -0.497 e. The van der Waals surface area contributed by atoms with E-state index in [0.29, 0.717) is 5.92 Å². The average molecular weight is 302 g/mol. The Kier molecular flexibility index (Phi) is 6.07. The Labute approximate surface area is 129 Å². The number of hydrogen-bond acceptors (Lipinski definition) is 2. The molecule has 0 fully saturated rings. The molecule has 0 radical (unpaired) electrons. The molecule has 0 heterocycles. The first-order valence-corrected chi connectivity index (χ1v) is 8.08. The second-order valence-electron chi connectivity index (χ2n) is 5.03. The Morgan fingerprint density at radius 2 is 1.24 bits per heavy atom. The fourth-order valence-corrected chi connectivity index (χ4v) is 2.76. The van der Waals surface area contributed by atoms with Gasteiger partial charge < -0.3 is 9.47 Å². The largest absolute Gasteiger partial charge is 0.497 e. The Balaban J connectivity index is 2.26. The van der Waals surface area contributed by atoms with Gasteiger partial charge in [0, 0.05) is 5.92 Å². The van der Waals surface area contributed by atoms with Crippen LogP contribution in [-0.4, -0.2) is 20.4 Å². The minimum absolute atomic E-state index is 0.419. The van der Waals surface area contributed by atoms with Crippen LogP contribution in [0.15, 0.2) is 48.5 Å². The second kappa shape index (κ2) is 8.05. The monoisotopic (exact) mass is 302 g/mol. The highest BCUT2D eigenvalue weighted by Gasteiger charge is 2.14. The Morgan fingerprint density at radius 3 is 1.57 bits per heavy atom. The summed E-state index contributed by atoms with van der Waals surface area (Å²) in [6, 6.07) is 16.8. The number of benzene rings is 2. The molecule has 0 spiro atoms. The summed E-state index contributed by atoms with van der Waals surface area (Å²) in [6.45, 7) is 0. The lowest BCUT2D eigenvalue weighted by atomic mass is 9.87. The summed E-state index contributed by atoms with van der Waals surface area (Å²) >= 11 is 0. The summed E-state index contributed by atoms with van der Waals surface area (Å²) in [7, 11) is 6.21. The molecule has 21 heavy (non-hydrogen) atoms. The topological polar surface area (TPSA) is 18.5 Å². The Bertz CT molecular complexity index is 487. The third-order valence-corrected chi connectivity index (χ3v) is 4.14. The molecule has 0 saturated heterocycles. The van der Waals surface area contributed by atoms with Crippen LogP contribution >= 0.6 is 9.24 Å². The molecule has 2 aromatic carbocycles. The van der Waals surface area contributed by atoms with Crippen molar-refractivity contribution in [2.45, 2.75) is 18.8 Å². The van der Waals surface area contributed by atoms with Crippen LogP contribution in [0.2, 0.25) is 0 Å². The van der Waals surface area contributed by atoms with Crippen LogP contribution in [0.5, 0.6) is 11.5 Å². The molecule has 1 atom stereocenters. The van der Waals surface area contributed by atoms with Gasteiger partial charge in [-0.15, -0.1) is 9.24 Å². The van der Waals surface area contributed by atoms with Gasteiger partial charge in [0.2, 0.25) is 0 Å². The van der Waals surface area contributed by atoms with E-state index in [-0.39, 0.29) is 0 Å². The standard InChI is InChI=1S/C18H23O2P/c1-19-16-9-5-14(6-10-16)18(4-3-13-21)15-7-11-17(20-2)12-8-15/h5-12,18H,3-4,13,21H2,1-2H3. The van der Waals surface area contributed by atoms with Crippen molar-refractivity contribution in [2.75, 3.05) is 20.4 Å². The van der Waals surface area contributed by atoms with Gasteiger partial charge in [-0.25, -0.2) is 0 Å². The van der Waals surface area contributed by atoms with Crippen molar-refractivity contribution in [2.24, 2.45) is 0 Å². The number of ether oxygens (including phenoxy) is 2. The molecule has 0 aliphatic rings. The lowest BCUT2D eigenvalue weighted by Gasteiger charge is -2.18. The quantitative estimate of drug-likeness (QED) is 0.702. The van der Waals surface area contributed by atoms with Gasteiger partial charge in [0.25, 0.3) is 0 Å². The van der Waals surface area contributed by atoms with Gasteiger partial charge in [0.05, 0.1) is 14.2 Å². The molecule has 1 unspecified atom stereocenters. The summed E-state index contributed by atoms with van der Waals surface area (Å²) in [5.41, 5.74) is 2.67. The number of methoxy groups -OCH3 is 2. The van der Waals surface area contributed by atoms with Crippen LogP contribution in [0.4, 0.5) is 0 Å². The SMILES string of the molecule is COc1ccc(C(CCCP)c2ccc(OC)cc2)cc1. The summed E-state index contributed by atoms with van der Waals surface area (Å²) in [5.74, 6) is 2.22. The molecule has 0 amide bonds.